The second-order valence-electron chi connectivity index (χ2n) is 6.94. The number of hydrogen-bond acceptors (Lipinski definition) is 5. The summed E-state index contributed by atoms with van der Waals surface area (Å²) in [6.45, 7) is 3.80. The first-order chi connectivity index (χ1) is 13.7. The Balaban J connectivity index is 1.62. The van der Waals surface area contributed by atoms with Crippen LogP contribution in [-0.2, 0) is 4.79 Å². The first-order valence-electron chi connectivity index (χ1n) is 9.56. The Morgan fingerprint density at radius 2 is 1.71 bits per heavy atom. The third-order valence-corrected chi connectivity index (χ3v) is 5.81. The fraction of sp³-hybridized carbons (Fsp3) is 0.333. The van der Waals surface area contributed by atoms with Crippen molar-refractivity contribution in [2.75, 3.05) is 18.8 Å². The Kier molecular flexibility index (Phi) is 5.71. The molecule has 1 amide bonds. The summed E-state index contributed by atoms with van der Waals surface area (Å²) < 4.78 is 2.02. The number of rotatable bonds is 5. The highest BCUT2D eigenvalue weighted by molar-refractivity contribution is 7.99. The number of aromatic nitrogens is 4. The maximum absolute atomic E-state index is 12.6. The summed E-state index contributed by atoms with van der Waals surface area (Å²) in [5, 5.41) is 9.53. The van der Waals surface area contributed by atoms with E-state index < -0.39 is 0 Å². The van der Waals surface area contributed by atoms with Gasteiger partial charge < -0.3 is 4.90 Å². The number of carbonyl (C=O) groups is 1. The Morgan fingerprint density at radius 1 is 1.00 bits per heavy atom. The molecule has 0 saturated carbocycles. The van der Waals surface area contributed by atoms with Gasteiger partial charge in [-0.2, -0.15) is 0 Å². The molecule has 0 spiro atoms. The van der Waals surface area contributed by atoms with Crippen LogP contribution in [0.5, 0.6) is 0 Å². The minimum absolute atomic E-state index is 0.175. The maximum atomic E-state index is 12.6. The third kappa shape index (κ3) is 4.09. The standard InChI is InChI=1S/C21H23N5OS/c1-16-5-7-18(8-6-16)26-20(17-9-11-22-12-10-17)23-24-21(26)28-15-19(27)25-13-3-2-4-14-25/h5-12H,2-4,13-15H2,1H3. The van der Waals surface area contributed by atoms with Gasteiger partial charge in [0, 0.05) is 36.7 Å². The number of pyridine rings is 1. The SMILES string of the molecule is Cc1ccc(-n2c(SCC(=O)N3CCCCC3)nnc2-c2ccncc2)cc1. The van der Waals surface area contributed by atoms with Gasteiger partial charge in [0.25, 0.3) is 0 Å². The average Bonchev–Trinajstić information content (AvgIpc) is 3.18. The quantitative estimate of drug-likeness (QED) is 0.618. The smallest absolute Gasteiger partial charge is 0.233 e. The Bertz CT molecular complexity index is 933. The maximum Gasteiger partial charge on any atom is 0.233 e. The summed E-state index contributed by atoms with van der Waals surface area (Å²) in [7, 11) is 0. The summed E-state index contributed by atoms with van der Waals surface area (Å²) in [6, 6.07) is 12.1. The van der Waals surface area contributed by atoms with Gasteiger partial charge in [-0.05, 0) is 50.5 Å². The van der Waals surface area contributed by atoms with Crippen molar-refractivity contribution in [2.24, 2.45) is 0 Å². The predicted molar refractivity (Wildman–Crippen MR) is 110 cm³/mol. The molecule has 2 aromatic heterocycles. The molecule has 0 unspecified atom stereocenters. The fourth-order valence-electron chi connectivity index (χ4n) is 3.34. The first-order valence-corrected chi connectivity index (χ1v) is 10.5. The number of aryl methyl sites for hydroxylation is 1. The van der Waals surface area contributed by atoms with Crippen molar-refractivity contribution in [3.05, 3.63) is 54.4 Å². The highest BCUT2D eigenvalue weighted by atomic mass is 32.2. The molecule has 0 N–H and O–H groups in total. The normalized spacial score (nSPS) is 14.2. The molecule has 0 atom stereocenters. The van der Waals surface area contributed by atoms with Crippen molar-refractivity contribution >= 4 is 17.7 Å². The number of likely N-dealkylation sites (tertiary alicyclic amines) is 1. The lowest BCUT2D eigenvalue weighted by Gasteiger charge is -2.26. The minimum atomic E-state index is 0.175. The lowest BCUT2D eigenvalue weighted by Crippen LogP contribution is -2.36. The molecule has 1 aromatic carbocycles. The van der Waals surface area contributed by atoms with E-state index in [1.54, 1.807) is 12.4 Å². The van der Waals surface area contributed by atoms with Crippen molar-refractivity contribution in [3.63, 3.8) is 0 Å². The van der Waals surface area contributed by atoms with Crippen molar-refractivity contribution in [1.82, 2.24) is 24.6 Å². The van der Waals surface area contributed by atoms with Gasteiger partial charge >= 0.3 is 0 Å². The van der Waals surface area contributed by atoms with E-state index >= 15 is 0 Å². The van der Waals surface area contributed by atoms with Gasteiger partial charge in [0.05, 0.1) is 5.75 Å². The molecular formula is C21H23N5OS. The van der Waals surface area contributed by atoms with E-state index in [1.807, 2.05) is 21.6 Å². The number of piperidine rings is 1. The van der Waals surface area contributed by atoms with Gasteiger partial charge in [-0.3, -0.25) is 14.3 Å². The lowest BCUT2D eigenvalue weighted by molar-refractivity contribution is -0.129. The molecule has 0 radical (unpaired) electrons. The second-order valence-corrected chi connectivity index (χ2v) is 7.89. The highest BCUT2D eigenvalue weighted by Gasteiger charge is 2.20. The molecule has 3 heterocycles. The largest absolute Gasteiger partial charge is 0.342 e. The monoisotopic (exact) mass is 393 g/mol. The fourth-order valence-corrected chi connectivity index (χ4v) is 4.19. The summed E-state index contributed by atoms with van der Waals surface area (Å²) >= 11 is 1.45. The number of thioether (sulfide) groups is 1. The van der Waals surface area contributed by atoms with Crippen LogP contribution >= 0.6 is 11.8 Å². The number of benzene rings is 1. The second kappa shape index (κ2) is 8.56. The lowest BCUT2D eigenvalue weighted by atomic mass is 10.1. The molecule has 6 nitrogen and oxygen atoms in total. The van der Waals surface area contributed by atoms with Crippen molar-refractivity contribution in [1.29, 1.82) is 0 Å². The Labute approximate surface area is 169 Å². The third-order valence-electron chi connectivity index (χ3n) is 4.90. The van der Waals surface area contributed by atoms with Crippen molar-refractivity contribution in [2.45, 2.75) is 31.3 Å². The number of carbonyl (C=O) groups excluding carboxylic acids is 1. The summed E-state index contributed by atoms with van der Waals surface area (Å²) in [4.78, 5) is 18.6. The summed E-state index contributed by atoms with van der Waals surface area (Å²) in [5.41, 5.74) is 3.12. The molecule has 0 bridgehead atoms. The van der Waals surface area contributed by atoms with Gasteiger partial charge in [-0.25, -0.2) is 0 Å². The molecule has 3 aromatic rings. The van der Waals surface area contributed by atoms with E-state index in [0.29, 0.717) is 5.75 Å². The van der Waals surface area contributed by atoms with Gasteiger partial charge in [-0.1, -0.05) is 29.5 Å². The van der Waals surface area contributed by atoms with Gasteiger partial charge in [0.15, 0.2) is 11.0 Å². The minimum Gasteiger partial charge on any atom is -0.342 e. The Morgan fingerprint density at radius 3 is 2.43 bits per heavy atom. The molecule has 28 heavy (non-hydrogen) atoms. The van der Waals surface area contributed by atoms with Crippen LogP contribution in [0.25, 0.3) is 17.1 Å². The van der Waals surface area contributed by atoms with Crippen LogP contribution in [-0.4, -0.2) is 49.4 Å². The number of hydrogen-bond donors (Lipinski definition) is 0. The topological polar surface area (TPSA) is 63.9 Å². The van der Waals surface area contributed by atoms with Crippen LogP contribution in [0, 0.1) is 6.92 Å². The summed E-state index contributed by atoms with van der Waals surface area (Å²) in [6.07, 6.45) is 6.91. The summed E-state index contributed by atoms with van der Waals surface area (Å²) in [5.74, 6) is 1.30. The van der Waals surface area contributed by atoms with Gasteiger partial charge in [0.1, 0.15) is 0 Å². The predicted octanol–water partition coefficient (Wildman–Crippen LogP) is 3.74. The molecule has 144 valence electrons. The van der Waals surface area contributed by atoms with E-state index in [9.17, 15) is 4.79 Å². The van der Waals surface area contributed by atoms with Crippen molar-refractivity contribution in [3.8, 4) is 17.1 Å². The van der Waals surface area contributed by atoms with Crippen LogP contribution in [0.4, 0.5) is 0 Å². The molecule has 1 aliphatic rings. The van der Waals surface area contributed by atoms with E-state index in [4.69, 9.17) is 0 Å². The van der Waals surface area contributed by atoms with Crippen LogP contribution in [0.1, 0.15) is 24.8 Å². The highest BCUT2D eigenvalue weighted by Crippen LogP contribution is 2.28. The van der Waals surface area contributed by atoms with E-state index in [-0.39, 0.29) is 5.91 Å². The van der Waals surface area contributed by atoms with Crippen LogP contribution in [0.2, 0.25) is 0 Å². The van der Waals surface area contributed by atoms with Gasteiger partial charge in [-0.15, -0.1) is 10.2 Å². The van der Waals surface area contributed by atoms with Crippen LogP contribution in [0.3, 0.4) is 0 Å². The molecule has 4 rings (SSSR count). The van der Waals surface area contributed by atoms with E-state index in [1.165, 1.54) is 23.7 Å². The number of nitrogens with zero attached hydrogens (tertiary/aromatic N) is 5. The molecule has 7 heteroatoms. The molecule has 1 aliphatic heterocycles. The van der Waals surface area contributed by atoms with E-state index in [2.05, 4.69) is 46.4 Å². The Hall–Kier alpha value is -2.67. The van der Waals surface area contributed by atoms with Crippen molar-refractivity contribution < 1.29 is 4.79 Å². The van der Waals surface area contributed by atoms with Crippen LogP contribution in [0.15, 0.2) is 53.9 Å². The zero-order valence-corrected chi connectivity index (χ0v) is 16.7. The molecular weight excluding hydrogens is 370 g/mol. The van der Waals surface area contributed by atoms with E-state index in [0.717, 1.165) is 48.2 Å². The molecule has 0 aliphatic carbocycles. The number of amides is 1. The zero-order valence-electron chi connectivity index (χ0n) is 15.9. The van der Waals surface area contributed by atoms with Crippen LogP contribution < -0.4 is 0 Å². The zero-order chi connectivity index (χ0) is 19.3. The van der Waals surface area contributed by atoms with Gasteiger partial charge in [0.2, 0.25) is 5.91 Å². The molecule has 1 saturated heterocycles. The first kappa shape index (κ1) is 18.7. The molecule has 1 fully saturated rings. The average molecular weight is 394 g/mol.